The van der Waals surface area contributed by atoms with Crippen LogP contribution in [0.15, 0.2) is 0 Å². The quantitative estimate of drug-likeness (QED) is 0.846. The van der Waals surface area contributed by atoms with Crippen LogP contribution < -0.4 is 4.90 Å². The number of ether oxygens (including phenoxy) is 1. The maximum atomic E-state index is 9.30. The minimum absolute atomic E-state index is 0.0437. The monoisotopic (exact) mass is 256 g/mol. The van der Waals surface area contributed by atoms with Gasteiger partial charge in [0, 0.05) is 20.2 Å². The van der Waals surface area contributed by atoms with Crippen LogP contribution in [0.5, 0.6) is 0 Å². The van der Waals surface area contributed by atoms with E-state index in [9.17, 15) is 5.11 Å². The van der Waals surface area contributed by atoms with Gasteiger partial charge < -0.3 is 14.7 Å². The molecule has 0 bridgehead atoms. The van der Waals surface area contributed by atoms with Crippen LogP contribution in [0.1, 0.15) is 30.3 Å². The zero-order valence-corrected chi connectivity index (χ0v) is 11.5. The molecule has 1 heterocycles. The molecule has 1 aromatic heterocycles. The largest absolute Gasteiger partial charge is 0.391 e. The van der Waals surface area contributed by atoms with Gasteiger partial charge >= 0.3 is 0 Å². The highest BCUT2D eigenvalue weighted by Crippen LogP contribution is 2.37. The highest BCUT2D eigenvalue weighted by molar-refractivity contribution is 7.15. The van der Waals surface area contributed by atoms with Crippen LogP contribution >= 0.6 is 11.3 Å². The Bertz CT molecular complexity index is 377. The third-order valence-corrected chi connectivity index (χ3v) is 4.58. The van der Waals surface area contributed by atoms with Crippen molar-refractivity contribution < 1.29 is 9.84 Å². The molecular weight excluding hydrogens is 236 g/mol. The molecule has 1 aliphatic carbocycles. The molecule has 5 heteroatoms. The summed E-state index contributed by atoms with van der Waals surface area (Å²) in [4.78, 5) is 7.70. The van der Waals surface area contributed by atoms with E-state index in [1.165, 1.54) is 12.8 Å². The van der Waals surface area contributed by atoms with Gasteiger partial charge in [-0.2, -0.15) is 0 Å². The zero-order chi connectivity index (χ0) is 12.4. The number of methoxy groups -OCH3 is 1. The number of hydrogen-bond acceptors (Lipinski definition) is 5. The Kier molecular flexibility index (Phi) is 4.01. The molecule has 1 unspecified atom stereocenters. The number of aliphatic hydroxyl groups excluding tert-OH is 1. The second-order valence-corrected chi connectivity index (χ2v) is 5.71. The number of aromatic nitrogens is 1. The van der Waals surface area contributed by atoms with Gasteiger partial charge in [0.25, 0.3) is 0 Å². The normalized spacial score (nSPS) is 17.2. The molecule has 0 amide bonds. The molecule has 0 spiro atoms. The molecule has 0 aromatic carbocycles. The minimum Gasteiger partial charge on any atom is -0.391 e. The summed E-state index contributed by atoms with van der Waals surface area (Å²) in [6.07, 6.45) is 2.66. The maximum Gasteiger partial charge on any atom is 0.185 e. The third-order valence-electron chi connectivity index (χ3n) is 3.41. The molecule has 1 aromatic rings. The van der Waals surface area contributed by atoms with Crippen molar-refractivity contribution in [3.05, 3.63) is 10.6 Å². The van der Waals surface area contributed by atoms with Crippen LogP contribution in [0.4, 0.5) is 5.13 Å². The topological polar surface area (TPSA) is 45.6 Å². The molecule has 2 rings (SSSR count). The lowest BCUT2D eigenvalue weighted by atomic mass is 10.2. The Morgan fingerprint density at radius 3 is 2.82 bits per heavy atom. The van der Waals surface area contributed by atoms with Crippen LogP contribution in [0.2, 0.25) is 0 Å². The molecule has 1 fully saturated rings. The van der Waals surface area contributed by atoms with Crippen LogP contribution in [-0.2, 0) is 18.0 Å². The fraction of sp³-hybridized carbons (Fsp3) is 0.750. The number of anilines is 1. The van der Waals surface area contributed by atoms with Crippen molar-refractivity contribution >= 4 is 16.5 Å². The fourth-order valence-electron chi connectivity index (χ4n) is 1.96. The SMILES string of the molecule is COCc1nc(N(C)C(C)C2CC2)sc1CO. The van der Waals surface area contributed by atoms with Gasteiger partial charge in [0.2, 0.25) is 0 Å². The summed E-state index contributed by atoms with van der Waals surface area (Å²) >= 11 is 1.57. The van der Waals surface area contributed by atoms with Crippen LogP contribution in [0.3, 0.4) is 0 Å². The van der Waals surface area contributed by atoms with Crippen LogP contribution in [0.25, 0.3) is 0 Å². The smallest absolute Gasteiger partial charge is 0.185 e. The van der Waals surface area contributed by atoms with E-state index < -0.39 is 0 Å². The van der Waals surface area contributed by atoms with Crippen molar-refractivity contribution in [3.63, 3.8) is 0 Å². The highest BCUT2D eigenvalue weighted by atomic mass is 32.1. The van der Waals surface area contributed by atoms with E-state index in [0.717, 1.165) is 21.6 Å². The second kappa shape index (κ2) is 5.33. The summed E-state index contributed by atoms with van der Waals surface area (Å²) in [7, 11) is 3.73. The van der Waals surface area contributed by atoms with E-state index in [1.807, 2.05) is 0 Å². The fourth-order valence-corrected chi connectivity index (χ4v) is 2.94. The lowest BCUT2D eigenvalue weighted by Crippen LogP contribution is -2.30. The second-order valence-electron chi connectivity index (χ2n) is 4.65. The summed E-state index contributed by atoms with van der Waals surface area (Å²) in [5, 5.41) is 10.3. The Morgan fingerprint density at radius 1 is 1.59 bits per heavy atom. The van der Waals surface area contributed by atoms with Crippen molar-refractivity contribution in [1.29, 1.82) is 0 Å². The molecule has 17 heavy (non-hydrogen) atoms. The summed E-state index contributed by atoms with van der Waals surface area (Å²) in [5.41, 5.74) is 0.866. The lowest BCUT2D eigenvalue weighted by molar-refractivity contribution is 0.179. The van der Waals surface area contributed by atoms with Crippen molar-refractivity contribution in [1.82, 2.24) is 4.98 Å². The first-order valence-electron chi connectivity index (χ1n) is 5.98. The predicted octanol–water partition coefficient (Wildman–Crippen LogP) is 2.02. The Hall–Kier alpha value is -0.650. The summed E-state index contributed by atoms with van der Waals surface area (Å²) in [6.45, 7) is 2.76. The van der Waals surface area contributed by atoms with Gasteiger partial charge in [0.1, 0.15) is 0 Å². The van der Waals surface area contributed by atoms with Gasteiger partial charge in [0.15, 0.2) is 5.13 Å². The summed E-state index contributed by atoms with van der Waals surface area (Å²) in [6, 6.07) is 0.531. The Morgan fingerprint density at radius 2 is 2.29 bits per heavy atom. The van der Waals surface area contributed by atoms with E-state index in [4.69, 9.17) is 4.74 Å². The van der Waals surface area contributed by atoms with E-state index >= 15 is 0 Å². The highest BCUT2D eigenvalue weighted by Gasteiger charge is 2.31. The number of hydrogen-bond donors (Lipinski definition) is 1. The molecule has 1 saturated carbocycles. The van der Waals surface area contributed by atoms with Crippen molar-refractivity contribution in [2.45, 2.75) is 39.0 Å². The van der Waals surface area contributed by atoms with Crippen molar-refractivity contribution in [2.75, 3.05) is 19.1 Å². The summed E-state index contributed by atoms with van der Waals surface area (Å²) < 4.78 is 5.10. The minimum atomic E-state index is 0.0437. The van der Waals surface area contributed by atoms with E-state index in [1.54, 1.807) is 18.4 Å². The zero-order valence-electron chi connectivity index (χ0n) is 10.6. The van der Waals surface area contributed by atoms with Gasteiger partial charge in [-0.15, -0.1) is 0 Å². The van der Waals surface area contributed by atoms with Crippen molar-refractivity contribution in [2.24, 2.45) is 5.92 Å². The number of aliphatic hydroxyl groups is 1. The van der Waals surface area contributed by atoms with Gasteiger partial charge in [-0.25, -0.2) is 4.98 Å². The molecule has 1 atom stereocenters. The Labute approximate surface area is 106 Å². The van der Waals surface area contributed by atoms with Crippen LogP contribution in [-0.4, -0.2) is 30.3 Å². The first-order valence-corrected chi connectivity index (χ1v) is 6.80. The van der Waals surface area contributed by atoms with E-state index in [2.05, 4.69) is 23.9 Å². The average Bonchev–Trinajstić information content (AvgIpc) is 3.10. The van der Waals surface area contributed by atoms with Gasteiger partial charge in [-0.1, -0.05) is 11.3 Å². The average molecular weight is 256 g/mol. The number of nitrogens with zero attached hydrogens (tertiary/aromatic N) is 2. The molecule has 0 aliphatic heterocycles. The molecule has 4 nitrogen and oxygen atoms in total. The molecule has 96 valence electrons. The standard InChI is InChI=1S/C12H20N2O2S/c1-8(9-4-5-9)14(2)12-13-10(7-16-3)11(6-15)17-12/h8-9,15H,4-7H2,1-3H3. The van der Waals surface area contributed by atoms with E-state index in [-0.39, 0.29) is 6.61 Å². The van der Waals surface area contributed by atoms with Crippen molar-refractivity contribution in [3.8, 4) is 0 Å². The first kappa shape index (κ1) is 12.8. The first-order chi connectivity index (χ1) is 8.17. The van der Waals surface area contributed by atoms with Crippen LogP contribution in [0, 0.1) is 5.92 Å². The lowest BCUT2D eigenvalue weighted by Gasteiger charge is -2.23. The predicted molar refractivity (Wildman–Crippen MR) is 69.3 cm³/mol. The van der Waals surface area contributed by atoms with Gasteiger partial charge in [-0.3, -0.25) is 0 Å². The summed E-state index contributed by atoms with van der Waals surface area (Å²) in [5.74, 6) is 0.812. The third kappa shape index (κ3) is 2.78. The molecular formula is C12H20N2O2S. The van der Waals surface area contributed by atoms with Gasteiger partial charge in [-0.05, 0) is 25.7 Å². The maximum absolute atomic E-state index is 9.30. The molecule has 0 saturated heterocycles. The molecule has 1 aliphatic rings. The molecule has 1 N–H and O–H groups in total. The van der Waals surface area contributed by atoms with Gasteiger partial charge in [0.05, 0.1) is 23.8 Å². The molecule has 0 radical (unpaired) electrons. The Balaban J connectivity index is 2.13. The number of rotatable bonds is 6. The van der Waals surface area contributed by atoms with E-state index in [0.29, 0.717) is 12.6 Å². The number of thiazole rings is 1.